The largest absolute Gasteiger partial charge is 0.290 e. The van der Waals surface area contributed by atoms with Gasteiger partial charge in [-0.2, -0.15) is 0 Å². The summed E-state index contributed by atoms with van der Waals surface area (Å²) in [5.74, 6) is 0.0207. The third-order valence-electron chi connectivity index (χ3n) is 4.51. The number of allylic oxidation sites excluding steroid dienone is 6. The number of benzene rings is 1. The van der Waals surface area contributed by atoms with Gasteiger partial charge < -0.3 is 0 Å². The molecular weight excluding hydrogens is 248 g/mol. The summed E-state index contributed by atoms with van der Waals surface area (Å²) < 4.78 is 0. The Kier molecular flexibility index (Phi) is 2.25. The van der Waals surface area contributed by atoms with E-state index in [9.17, 15) is 9.59 Å². The van der Waals surface area contributed by atoms with Crippen molar-refractivity contribution in [2.24, 2.45) is 0 Å². The molecule has 0 saturated carbocycles. The molecule has 1 aromatic carbocycles. The van der Waals surface area contributed by atoms with Crippen LogP contribution in [-0.2, 0) is 9.59 Å². The van der Waals surface area contributed by atoms with Crippen LogP contribution in [0.25, 0.3) is 0 Å². The average Bonchev–Trinajstić information content (AvgIpc) is 2.95. The molecule has 0 heterocycles. The first-order valence-electron chi connectivity index (χ1n) is 7.03. The van der Waals surface area contributed by atoms with Gasteiger partial charge in [-0.05, 0) is 29.7 Å². The van der Waals surface area contributed by atoms with Crippen LogP contribution < -0.4 is 0 Å². The highest BCUT2D eigenvalue weighted by Gasteiger charge is 2.51. The highest BCUT2D eigenvalue weighted by atomic mass is 16.1. The van der Waals surface area contributed by atoms with E-state index < -0.39 is 0 Å². The fourth-order valence-corrected chi connectivity index (χ4v) is 3.87. The minimum absolute atomic E-state index is 0.00334. The molecule has 2 heteroatoms. The van der Waals surface area contributed by atoms with E-state index in [2.05, 4.69) is 25.1 Å². The Bertz CT molecular complexity index is 689. The highest BCUT2D eigenvalue weighted by Crippen LogP contribution is 2.60. The highest BCUT2D eigenvalue weighted by molar-refractivity contribution is 6.23. The van der Waals surface area contributed by atoms with Crippen LogP contribution in [0.2, 0.25) is 0 Å². The Labute approximate surface area is 117 Å². The van der Waals surface area contributed by atoms with Crippen molar-refractivity contribution in [2.45, 2.75) is 25.2 Å². The van der Waals surface area contributed by atoms with Gasteiger partial charge in [0, 0.05) is 23.0 Å². The SMILES string of the molecule is CCC=C1C2C3=C(C(=O)C=CC3=O)C1c1ccccc12. The third kappa shape index (κ3) is 1.24. The lowest BCUT2D eigenvalue weighted by atomic mass is 9.80. The van der Waals surface area contributed by atoms with Crippen molar-refractivity contribution in [3.8, 4) is 0 Å². The molecule has 1 aromatic rings. The first-order chi connectivity index (χ1) is 9.74. The molecule has 3 aliphatic carbocycles. The molecule has 4 rings (SSSR count). The van der Waals surface area contributed by atoms with Crippen LogP contribution in [0.5, 0.6) is 0 Å². The second kappa shape index (κ2) is 3.89. The van der Waals surface area contributed by atoms with Crippen molar-refractivity contribution in [1.82, 2.24) is 0 Å². The molecule has 0 N–H and O–H groups in total. The van der Waals surface area contributed by atoms with Gasteiger partial charge in [0.25, 0.3) is 0 Å². The van der Waals surface area contributed by atoms with Gasteiger partial charge in [-0.15, -0.1) is 0 Å². The summed E-state index contributed by atoms with van der Waals surface area (Å²) in [6.07, 6.45) is 5.96. The Morgan fingerprint density at radius 3 is 1.90 bits per heavy atom. The van der Waals surface area contributed by atoms with Crippen LogP contribution in [0.4, 0.5) is 0 Å². The summed E-state index contributed by atoms with van der Waals surface area (Å²) in [6.45, 7) is 2.09. The van der Waals surface area contributed by atoms with Gasteiger partial charge in [0.2, 0.25) is 0 Å². The number of hydrogen-bond acceptors (Lipinski definition) is 2. The Hall–Kier alpha value is -2.22. The quantitative estimate of drug-likeness (QED) is 0.575. The van der Waals surface area contributed by atoms with Gasteiger partial charge >= 0.3 is 0 Å². The molecule has 3 aliphatic rings. The van der Waals surface area contributed by atoms with Crippen molar-refractivity contribution < 1.29 is 9.59 Å². The summed E-state index contributed by atoms with van der Waals surface area (Å²) in [5.41, 5.74) is 5.07. The summed E-state index contributed by atoms with van der Waals surface area (Å²) in [7, 11) is 0. The summed E-state index contributed by atoms with van der Waals surface area (Å²) in [6, 6.07) is 8.19. The second-order valence-electron chi connectivity index (χ2n) is 5.50. The summed E-state index contributed by atoms with van der Waals surface area (Å²) in [5, 5.41) is 0. The van der Waals surface area contributed by atoms with Crippen molar-refractivity contribution in [3.05, 3.63) is 70.3 Å². The van der Waals surface area contributed by atoms with E-state index >= 15 is 0 Å². The van der Waals surface area contributed by atoms with Crippen LogP contribution in [-0.4, -0.2) is 11.6 Å². The van der Waals surface area contributed by atoms with Gasteiger partial charge in [0.15, 0.2) is 11.6 Å². The molecule has 2 nitrogen and oxygen atoms in total. The van der Waals surface area contributed by atoms with E-state index in [0.29, 0.717) is 0 Å². The summed E-state index contributed by atoms with van der Waals surface area (Å²) >= 11 is 0. The van der Waals surface area contributed by atoms with E-state index in [1.54, 1.807) is 0 Å². The van der Waals surface area contributed by atoms with E-state index in [1.807, 2.05) is 12.1 Å². The predicted molar refractivity (Wildman–Crippen MR) is 76.5 cm³/mol. The number of ketones is 2. The number of rotatable bonds is 1. The molecule has 2 bridgehead atoms. The maximum atomic E-state index is 12.2. The molecular formula is C18H14O2. The molecule has 0 aliphatic heterocycles. The van der Waals surface area contributed by atoms with Gasteiger partial charge in [0.1, 0.15) is 0 Å². The number of carbonyl (C=O) groups excluding carboxylic acids is 2. The zero-order chi connectivity index (χ0) is 13.9. The first-order valence-corrected chi connectivity index (χ1v) is 7.03. The third-order valence-corrected chi connectivity index (χ3v) is 4.51. The van der Waals surface area contributed by atoms with Gasteiger partial charge in [-0.25, -0.2) is 0 Å². The van der Waals surface area contributed by atoms with Crippen molar-refractivity contribution >= 4 is 11.6 Å². The van der Waals surface area contributed by atoms with Crippen LogP contribution in [0.15, 0.2) is 59.2 Å². The lowest BCUT2D eigenvalue weighted by molar-refractivity contribution is -0.115. The second-order valence-corrected chi connectivity index (χ2v) is 5.50. The maximum absolute atomic E-state index is 12.2. The lowest BCUT2D eigenvalue weighted by Gasteiger charge is -2.21. The normalized spacial score (nSPS) is 26.1. The molecule has 2 atom stereocenters. The van der Waals surface area contributed by atoms with E-state index in [4.69, 9.17) is 0 Å². The average molecular weight is 262 g/mol. The van der Waals surface area contributed by atoms with Gasteiger partial charge in [-0.1, -0.05) is 42.8 Å². The molecule has 0 spiro atoms. The van der Waals surface area contributed by atoms with Crippen molar-refractivity contribution in [2.75, 3.05) is 0 Å². The number of carbonyl (C=O) groups is 2. The Morgan fingerprint density at radius 2 is 1.45 bits per heavy atom. The molecule has 0 radical (unpaired) electrons. The predicted octanol–water partition coefficient (Wildman–Crippen LogP) is 3.22. The number of hydrogen-bond donors (Lipinski definition) is 0. The van der Waals surface area contributed by atoms with Crippen LogP contribution >= 0.6 is 0 Å². The molecule has 0 aromatic heterocycles. The lowest BCUT2D eigenvalue weighted by Crippen LogP contribution is -2.19. The van der Waals surface area contributed by atoms with Crippen molar-refractivity contribution in [1.29, 1.82) is 0 Å². The first kappa shape index (κ1) is 11.6. The zero-order valence-electron chi connectivity index (χ0n) is 11.2. The smallest absolute Gasteiger partial charge is 0.183 e. The topological polar surface area (TPSA) is 34.1 Å². The molecule has 0 fully saturated rings. The van der Waals surface area contributed by atoms with Crippen molar-refractivity contribution in [3.63, 3.8) is 0 Å². The van der Waals surface area contributed by atoms with Crippen LogP contribution in [0, 0.1) is 0 Å². The molecule has 20 heavy (non-hydrogen) atoms. The Morgan fingerprint density at radius 1 is 0.950 bits per heavy atom. The van der Waals surface area contributed by atoms with E-state index in [1.165, 1.54) is 28.9 Å². The monoisotopic (exact) mass is 262 g/mol. The minimum Gasteiger partial charge on any atom is -0.290 e. The fraction of sp³-hybridized carbons (Fsp3) is 0.222. The zero-order valence-corrected chi connectivity index (χ0v) is 11.2. The van der Waals surface area contributed by atoms with Gasteiger partial charge in [0.05, 0.1) is 0 Å². The molecule has 98 valence electrons. The van der Waals surface area contributed by atoms with Gasteiger partial charge in [-0.3, -0.25) is 9.59 Å². The van der Waals surface area contributed by atoms with Crippen LogP contribution in [0.3, 0.4) is 0 Å². The molecule has 0 amide bonds. The summed E-state index contributed by atoms with van der Waals surface area (Å²) in [4.78, 5) is 24.5. The fourth-order valence-electron chi connectivity index (χ4n) is 3.87. The number of fused-ring (bicyclic) bond motifs is 7. The van der Waals surface area contributed by atoms with Crippen LogP contribution in [0.1, 0.15) is 36.3 Å². The molecule has 0 saturated heterocycles. The molecule has 2 unspecified atom stereocenters. The standard InChI is InChI=1S/C18H14O2/c1-2-5-12-15-10-6-3-4-7-11(10)16(12)18-14(20)9-8-13(19)17(15)18/h3-9,15-16H,2H2,1H3. The van der Waals surface area contributed by atoms with E-state index in [-0.39, 0.29) is 23.4 Å². The maximum Gasteiger partial charge on any atom is 0.183 e. The minimum atomic E-state index is 0.00334. The van der Waals surface area contributed by atoms with E-state index in [0.717, 1.165) is 17.6 Å². The Balaban J connectivity index is 2.01.